The number of hydrogen-bond donors (Lipinski definition) is 0. The maximum Gasteiger partial charge on any atom is 0.00727 e. The van der Waals surface area contributed by atoms with E-state index in [4.69, 9.17) is 0 Å². The lowest BCUT2D eigenvalue weighted by Crippen LogP contribution is -2.23. The predicted octanol–water partition coefficient (Wildman–Crippen LogP) is 6.01. The molecule has 104 valence electrons. The van der Waals surface area contributed by atoms with Crippen molar-refractivity contribution in [2.45, 2.75) is 79.4 Å². The fraction of sp³-hybridized carbons (Fsp3) is 1.00. The van der Waals surface area contributed by atoms with Crippen LogP contribution < -0.4 is 0 Å². The Bertz CT molecular complexity index is 184. The van der Waals surface area contributed by atoms with Crippen LogP contribution in [-0.2, 0) is 0 Å². The maximum absolute atomic E-state index is 2.43. The molecule has 0 aliphatic carbocycles. The molecule has 0 amide bonds. The van der Waals surface area contributed by atoms with Gasteiger partial charge in [-0.05, 0) is 42.3 Å². The topological polar surface area (TPSA) is 0 Å². The monoisotopic (exact) mass is 258 g/mol. The molecule has 2 atom stereocenters. The largest absolute Gasteiger partial charge is 0.158 e. The van der Waals surface area contributed by atoms with Gasteiger partial charge in [0.1, 0.15) is 0 Å². The summed E-state index contributed by atoms with van der Waals surface area (Å²) in [4.78, 5) is 0. The van der Waals surface area contributed by atoms with Gasteiger partial charge in [-0.1, -0.05) is 54.9 Å². The van der Waals surface area contributed by atoms with Crippen LogP contribution in [0, 0.1) is 17.3 Å². The second-order valence-electron chi connectivity index (χ2n) is 6.48. The second kappa shape index (κ2) is 8.45. The van der Waals surface area contributed by atoms with Gasteiger partial charge in [-0.15, -0.1) is 0 Å². The zero-order chi connectivity index (χ0) is 13.5. The molecular weight excluding hydrogens is 224 g/mol. The van der Waals surface area contributed by atoms with E-state index in [0.717, 1.165) is 17.1 Å². The van der Waals surface area contributed by atoms with Crippen LogP contribution in [0.2, 0.25) is 0 Å². The van der Waals surface area contributed by atoms with Crippen molar-refractivity contribution in [3.63, 3.8) is 0 Å². The smallest absolute Gasteiger partial charge is 0.00727 e. The van der Waals surface area contributed by atoms with Gasteiger partial charge in [-0.2, -0.15) is 11.8 Å². The molecule has 0 N–H and O–H groups in total. The summed E-state index contributed by atoms with van der Waals surface area (Å²) in [6.07, 6.45) is 5.40. The van der Waals surface area contributed by atoms with E-state index < -0.39 is 0 Å². The van der Waals surface area contributed by atoms with E-state index in [1.165, 1.54) is 31.4 Å². The third-order valence-corrected chi connectivity index (χ3v) is 6.22. The first-order chi connectivity index (χ1) is 7.85. The summed E-state index contributed by atoms with van der Waals surface area (Å²) in [6, 6.07) is 0. The molecule has 0 aliphatic rings. The minimum Gasteiger partial charge on any atom is -0.158 e. The zero-order valence-electron chi connectivity index (χ0n) is 13.2. The quantitative estimate of drug-likeness (QED) is 0.488. The lowest BCUT2D eigenvalue weighted by atomic mass is 9.76. The molecule has 0 radical (unpaired) electrons. The molecule has 0 aromatic rings. The average Bonchev–Trinajstić information content (AvgIpc) is 2.28. The van der Waals surface area contributed by atoms with Gasteiger partial charge in [0, 0.05) is 5.25 Å². The van der Waals surface area contributed by atoms with Gasteiger partial charge in [0.05, 0.1) is 0 Å². The Morgan fingerprint density at radius 3 is 2.06 bits per heavy atom. The van der Waals surface area contributed by atoms with Crippen LogP contribution in [0.1, 0.15) is 74.1 Å². The van der Waals surface area contributed by atoms with Crippen LogP contribution in [0.15, 0.2) is 0 Å². The first-order valence-corrected chi connectivity index (χ1v) is 8.51. The second-order valence-corrected chi connectivity index (χ2v) is 7.82. The van der Waals surface area contributed by atoms with E-state index >= 15 is 0 Å². The highest BCUT2D eigenvalue weighted by molar-refractivity contribution is 7.99. The van der Waals surface area contributed by atoms with Crippen molar-refractivity contribution >= 4 is 11.8 Å². The van der Waals surface area contributed by atoms with E-state index in [-0.39, 0.29) is 0 Å². The molecule has 0 fully saturated rings. The molecule has 17 heavy (non-hydrogen) atoms. The summed E-state index contributed by atoms with van der Waals surface area (Å²) in [5.41, 5.74) is 0.498. The van der Waals surface area contributed by atoms with Gasteiger partial charge < -0.3 is 0 Å². The average molecular weight is 259 g/mol. The molecule has 0 aliphatic heterocycles. The predicted molar refractivity (Wildman–Crippen MR) is 83.8 cm³/mol. The minimum atomic E-state index is 0.498. The van der Waals surface area contributed by atoms with Crippen molar-refractivity contribution in [2.75, 3.05) is 5.75 Å². The molecule has 0 heterocycles. The lowest BCUT2D eigenvalue weighted by molar-refractivity contribution is 0.218. The van der Waals surface area contributed by atoms with Crippen LogP contribution >= 0.6 is 11.8 Å². The Hall–Kier alpha value is 0.350. The number of thioether (sulfide) groups is 1. The van der Waals surface area contributed by atoms with Crippen LogP contribution in [0.4, 0.5) is 0 Å². The van der Waals surface area contributed by atoms with Crippen molar-refractivity contribution in [3.8, 4) is 0 Å². The molecule has 0 saturated carbocycles. The van der Waals surface area contributed by atoms with Crippen molar-refractivity contribution in [3.05, 3.63) is 0 Å². The van der Waals surface area contributed by atoms with Crippen LogP contribution in [-0.4, -0.2) is 11.0 Å². The van der Waals surface area contributed by atoms with Crippen molar-refractivity contribution in [1.82, 2.24) is 0 Å². The molecule has 0 saturated heterocycles. The molecule has 0 nitrogen and oxygen atoms in total. The summed E-state index contributed by atoms with van der Waals surface area (Å²) in [7, 11) is 0. The van der Waals surface area contributed by atoms with E-state index in [1.807, 2.05) is 0 Å². The fourth-order valence-corrected chi connectivity index (χ4v) is 3.21. The molecule has 0 aromatic heterocycles. The molecule has 0 rings (SSSR count). The summed E-state index contributed by atoms with van der Waals surface area (Å²) >= 11 is 2.21. The van der Waals surface area contributed by atoms with Crippen molar-refractivity contribution in [2.24, 2.45) is 17.3 Å². The summed E-state index contributed by atoms with van der Waals surface area (Å²) in [5, 5.41) is 0.873. The number of rotatable bonds is 9. The molecule has 0 aromatic carbocycles. The third kappa shape index (κ3) is 6.74. The van der Waals surface area contributed by atoms with Crippen LogP contribution in [0.25, 0.3) is 0 Å². The van der Waals surface area contributed by atoms with E-state index in [9.17, 15) is 0 Å². The van der Waals surface area contributed by atoms with Gasteiger partial charge in [-0.25, -0.2) is 0 Å². The highest BCUT2D eigenvalue weighted by Gasteiger charge is 2.25. The Morgan fingerprint density at radius 2 is 1.65 bits per heavy atom. The maximum atomic E-state index is 2.43. The highest BCUT2D eigenvalue weighted by atomic mass is 32.2. The summed E-state index contributed by atoms with van der Waals surface area (Å²) < 4.78 is 0. The molecular formula is C16H34S. The van der Waals surface area contributed by atoms with E-state index in [1.54, 1.807) is 0 Å². The highest BCUT2D eigenvalue weighted by Crippen LogP contribution is 2.36. The molecule has 0 bridgehead atoms. The minimum absolute atomic E-state index is 0.498. The van der Waals surface area contributed by atoms with Crippen LogP contribution in [0.5, 0.6) is 0 Å². The van der Waals surface area contributed by atoms with Gasteiger partial charge in [-0.3, -0.25) is 0 Å². The Kier molecular flexibility index (Phi) is 8.63. The van der Waals surface area contributed by atoms with Gasteiger partial charge >= 0.3 is 0 Å². The SMILES string of the molecule is CCCSC(CCC(C)(C)C(C)C)C(C)CC. The van der Waals surface area contributed by atoms with E-state index in [0.29, 0.717) is 5.41 Å². The van der Waals surface area contributed by atoms with Gasteiger partial charge in [0.25, 0.3) is 0 Å². The first-order valence-electron chi connectivity index (χ1n) is 7.46. The van der Waals surface area contributed by atoms with Crippen LogP contribution in [0.3, 0.4) is 0 Å². The molecule has 2 unspecified atom stereocenters. The summed E-state index contributed by atoms with van der Waals surface area (Å²) in [5.74, 6) is 2.99. The Labute approximate surface area is 114 Å². The standard InChI is InChI=1S/C16H34S/c1-8-12-17-15(14(5)9-2)10-11-16(6,7)13(3)4/h13-15H,8-12H2,1-7H3. The van der Waals surface area contributed by atoms with Crippen molar-refractivity contribution in [1.29, 1.82) is 0 Å². The van der Waals surface area contributed by atoms with Gasteiger partial charge in [0.2, 0.25) is 0 Å². The lowest BCUT2D eigenvalue weighted by Gasteiger charge is -2.32. The first kappa shape index (κ1) is 17.4. The third-order valence-electron chi connectivity index (χ3n) is 4.45. The zero-order valence-corrected chi connectivity index (χ0v) is 14.0. The Balaban J connectivity index is 4.24. The van der Waals surface area contributed by atoms with Crippen molar-refractivity contribution < 1.29 is 0 Å². The normalized spacial score (nSPS) is 16.2. The summed E-state index contributed by atoms with van der Waals surface area (Å²) in [6.45, 7) is 16.6. The molecule has 0 spiro atoms. The Morgan fingerprint density at radius 1 is 1.06 bits per heavy atom. The van der Waals surface area contributed by atoms with E-state index in [2.05, 4.69) is 60.2 Å². The molecule has 1 heteroatoms. The number of hydrogen-bond acceptors (Lipinski definition) is 1. The van der Waals surface area contributed by atoms with Gasteiger partial charge in [0.15, 0.2) is 0 Å². The fourth-order valence-electron chi connectivity index (χ4n) is 1.87.